The molecule has 0 spiro atoms. The first kappa shape index (κ1) is 35.2. The lowest BCUT2D eigenvalue weighted by Gasteiger charge is -2.42. The second-order valence-electron chi connectivity index (χ2n) is 14.9. The minimum Gasteiger partial charge on any atom is -0.508 e. The number of terminal acetylenes is 1. The van der Waals surface area contributed by atoms with Gasteiger partial charge >= 0.3 is 6.01 Å². The Hall–Kier alpha value is -4.87. The molecule has 3 aliphatic heterocycles. The minimum atomic E-state index is -1.14. The first-order valence-electron chi connectivity index (χ1n) is 18.1. The lowest BCUT2D eigenvalue weighted by atomic mass is 9.95. The van der Waals surface area contributed by atoms with Gasteiger partial charge in [-0.15, -0.1) is 6.42 Å². The van der Waals surface area contributed by atoms with Gasteiger partial charge in [0.05, 0.1) is 19.3 Å². The third-order valence-electron chi connectivity index (χ3n) is 11.3. The second-order valence-corrected chi connectivity index (χ2v) is 14.9. The normalized spacial score (nSPS) is 21.9. The molecule has 2 N–H and O–H groups in total. The first-order valence-corrected chi connectivity index (χ1v) is 18.1. The van der Waals surface area contributed by atoms with Crippen molar-refractivity contribution in [2.75, 3.05) is 51.3 Å². The number of pyridine rings is 1. The van der Waals surface area contributed by atoms with Crippen molar-refractivity contribution in [2.45, 2.75) is 69.8 Å². The molecule has 14 heteroatoms. The average molecular weight is 731 g/mol. The number of phenolic OH excluding ortho intramolecular Hbond substituents is 1. The average Bonchev–Trinajstić information content (AvgIpc) is 3.86. The topological polar surface area (TPSA) is 124 Å². The highest BCUT2D eigenvalue weighted by Crippen LogP contribution is 2.48. The molecular weight excluding hydrogens is 689 g/mol. The smallest absolute Gasteiger partial charge is 0.319 e. The van der Waals surface area contributed by atoms with Crippen LogP contribution in [-0.2, 0) is 4.79 Å². The van der Waals surface area contributed by atoms with Gasteiger partial charge in [0, 0.05) is 61.2 Å². The van der Waals surface area contributed by atoms with Crippen molar-refractivity contribution >= 4 is 33.4 Å². The Balaban J connectivity index is 1.24. The van der Waals surface area contributed by atoms with Gasteiger partial charge in [-0.2, -0.15) is 9.97 Å². The van der Waals surface area contributed by atoms with E-state index in [0.29, 0.717) is 50.2 Å². The molecule has 1 aliphatic carbocycles. The number of phenols is 1. The van der Waals surface area contributed by atoms with E-state index in [-0.39, 0.29) is 80.8 Å². The van der Waals surface area contributed by atoms with E-state index in [1.165, 1.54) is 38.3 Å². The van der Waals surface area contributed by atoms with Crippen molar-refractivity contribution in [3.63, 3.8) is 0 Å². The summed E-state index contributed by atoms with van der Waals surface area (Å²) < 4.78 is 58.2. The Morgan fingerprint density at radius 2 is 1.79 bits per heavy atom. The lowest BCUT2D eigenvalue weighted by Crippen LogP contribution is -2.58. The van der Waals surface area contributed by atoms with Crippen LogP contribution in [0.1, 0.15) is 51.0 Å². The van der Waals surface area contributed by atoms with Crippen molar-refractivity contribution in [3.8, 4) is 41.2 Å². The monoisotopic (exact) mass is 730 g/mol. The number of hydrogen-bond acceptors (Lipinski definition) is 10. The number of methoxy groups -OCH3 is 1. The maximum absolute atomic E-state index is 17.2. The van der Waals surface area contributed by atoms with Gasteiger partial charge in [-0.3, -0.25) is 4.79 Å². The summed E-state index contributed by atoms with van der Waals surface area (Å²) in [6.45, 7) is 4.54. The molecule has 3 atom stereocenters. The first-order chi connectivity index (χ1) is 25.5. The number of hydrogen-bond donors (Lipinski definition) is 2. The quantitative estimate of drug-likeness (QED) is 0.228. The molecule has 53 heavy (non-hydrogen) atoms. The fourth-order valence-corrected chi connectivity index (χ4v) is 8.40. The number of aliphatic hydroxyl groups excluding tert-OH is 1. The maximum Gasteiger partial charge on any atom is 0.319 e. The number of likely N-dealkylation sites (tertiary alicyclic amines) is 1. The van der Waals surface area contributed by atoms with Crippen LogP contribution >= 0.6 is 0 Å². The number of alkyl halides is 1. The molecule has 5 heterocycles. The Bertz CT molecular complexity index is 2130. The molecule has 278 valence electrons. The van der Waals surface area contributed by atoms with Crippen LogP contribution in [0.15, 0.2) is 24.3 Å². The van der Waals surface area contributed by atoms with Crippen LogP contribution in [0.2, 0.25) is 0 Å². The molecule has 4 aliphatic rings. The van der Waals surface area contributed by atoms with Crippen molar-refractivity contribution < 1.29 is 37.7 Å². The summed E-state index contributed by atoms with van der Waals surface area (Å²) in [5.74, 6) is 0.540. The number of amides is 1. The number of benzene rings is 2. The number of piperazine rings is 1. The third-order valence-corrected chi connectivity index (χ3v) is 11.3. The zero-order valence-corrected chi connectivity index (χ0v) is 29.6. The standard InChI is InChI=1S/C39H41F3N6O5/c1-4-27-29(41)8-5-22-15-26(50)16-28(30(22)27)33-32(42)34-31(36(43-33)52-3)35(47-17-24-6-7-25(18-47)48(24)37(51)21(2)49)45-38(44-34)53-20-39(11-12-39)19-46-13-9-23(40)10-14-46/h1,5,8,15-16,21,23-25,49-50H,6-7,9-14,17-20H2,2-3H3/t21-,24?,25?/m0/s1. The molecule has 2 unspecified atom stereocenters. The van der Waals surface area contributed by atoms with Crippen LogP contribution in [0.25, 0.3) is 32.9 Å². The molecule has 2 bridgehead atoms. The number of carbonyl (C=O) groups excluding carboxylic acids is 1. The zero-order valence-electron chi connectivity index (χ0n) is 29.6. The number of anilines is 1. The maximum atomic E-state index is 17.2. The van der Waals surface area contributed by atoms with Gasteiger partial charge in [-0.05, 0) is 69.0 Å². The van der Waals surface area contributed by atoms with Crippen molar-refractivity contribution in [2.24, 2.45) is 5.41 Å². The number of aromatic hydroxyl groups is 1. The molecule has 2 aromatic carbocycles. The molecule has 1 amide bonds. The summed E-state index contributed by atoms with van der Waals surface area (Å²) in [6.07, 6.45) is 8.11. The van der Waals surface area contributed by atoms with Gasteiger partial charge < -0.3 is 34.4 Å². The molecule has 4 aromatic rings. The number of piperidine rings is 1. The van der Waals surface area contributed by atoms with E-state index < -0.39 is 23.9 Å². The van der Waals surface area contributed by atoms with Crippen molar-refractivity contribution in [3.05, 3.63) is 41.5 Å². The summed E-state index contributed by atoms with van der Waals surface area (Å²) in [7, 11) is 1.39. The molecule has 3 saturated heterocycles. The summed E-state index contributed by atoms with van der Waals surface area (Å²) in [5.41, 5.74) is -0.661. The highest BCUT2D eigenvalue weighted by Gasteiger charge is 2.47. The fraction of sp³-hybridized carbons (Fsp3) is 0.487. The number of nitrogens with zero attached hydrogens (tertiary/aromatic N) is 6. The molecule has 4 fully saturated rings. The summed E-state index contributed by atoms with van der Waals surface area (Å²) in [5, 5.41) is 21.5. The van der Waals surface area contributed by atoms with Crippen LogP contribution in [0, 0.1) is 29.4 Å². The van der Waals surface area contributed by atoms with Crippen LogP contribution in [0.3, 0.4) is 0 Å². The Kier molecular flexibility index (Phi) is 8.97. The Morgan fingerprint density at radius 1 is 1.08 bits per heavy atom. The van der Waals surface area contributed by atoms with Gasteiger partial charge in [-0.25, -0.2) is 18.2 Å². The largest absolute Gasteiger partial charge is 0.508 e. The Labute approximate surface area is 304 Å². The highest BCUT2D eigenvalue weighted by molar-refractivity contribution is 6.04. The molecule has 0 radical (unpaired) electrons. The van der Waals surface area contributed by atoms with E-state index in [9.17, 15) is 19.4 Å². The number of ether oxygens (including phenoxy) is 2. The zero-order chi connectivity index (χ0) is 37.2. The van der Waals surface area contributed by atoms with Gasteiger partial charge in [0.1, 0.15) is 46.3 Å². The number of rotatable bonds is 9. The van der Waals surface area contributed by atoms with E-state index >= 15 is 8.78 Å². The summed E-state index contributed by atoms with van der Waals surface area (Å²) in [4.78, 5) is 33.0. The molecule has 2 aromatic heterocycles. The summed E-state index contributed by atoms with van der Waals surface area (Å²) in [6, 6.07) is 4.82. The van der Waals surface area contributed by atoms with Crippen LogP contribution in [0.5, 0.6) is 17.6 Å². The van der Waals surface area contributed by atoms with E-state index in [2.05, 4.69) is 20.8 Å². The van der Waals surface area contributed by atoms with Gasteiger partial charge in [-0.1, -0.05) is 12.0 Å². The van der Waals surface area contributed by atoms with Crippen LogP contribution < -0.4 is 14.4 Å². The summed E-state index contributed by atoms with van der Waals surface area (Å²) >= 11 is 0. The number of aliphatic hydroxyl groups is 1. The van der Waals surface area contributed by atoms with Crippen molar-refractivity contribution in [1.29, 1.82) is 0 Å². The number of fused-ring (bicyclic) bond motifs is 4. The number of carbonyl (C=O) groups is 1. The number of halogens is 3. The van der Waals surface area contributed by atoms with E-state index in [1.807, 2.05) is 4.90 Å². The van der Waals surface area contributed by atoms with E-state index in [0.717, 1.165) is 32.2 Å². The third kappa shape index (κ3) is 6.33. The molecule has 8 rings (SSSR count). The minimum absolute atomic E-state index is 0.0159. The van der Waals surface area contributed by atoms with E-state index in [1.54, 1.807) is 4.90 Å². The molecule has 11 nitrogen and oxygen atoms in total. The van der Waals surface area contributed by atoms with Crippen LogP contribution in [-0.4, -0.2) is 112 Å². The van der Waals surface area contributed by atoms with E-state index in [4.69, 9.17) is 20.9 Å². The molecular formula is C39H41F3N6O5. The highest BCUT2D eigenvalue weighted by atomic mass is 19.1. The fourth-order valence-electron chi connectivity index (χ4n) is 8.40. The SMILES string of the molecule is C#Cc1c(F)ccc2cc(O)cc(-c3nc(OC)c4c(N5CC6CCC(C5)N6C(=O)[C@H](C)O)nc(OCC5(CN6CCC(F)CC6)CC5)nc4c3F)c12. The van der Waals surface area contributed by atoms with Gasteiger partial charge in [0.15, 0.2) is 5.82 Å². The number of aromatic nitrogens is 3. The second kappa shape index (κ2) is 13.5. The Morgan fingerprint density at radius 3 is 2.43 bits per heavy atom. The predicted octanol–water partition coefficient (Wildman–Crippen LogP) is 4.97. The predicted molar refractivity (Wildman–Crippen MR) is 192 cm³/mol. The molecule has 1 saturated carbocycles. The van der Waals surface area contributed by atoms with Crippen LogP contribution in [0.4, 0.5) is 19.0 Å². The van der Waals surface area contributed by atoms with Crippen molar-refractivity contribution in [1.82, 2.24) is 24.8 Å². The van der Waals surface area contributed by atoms with Gasteiger partial charge in [0.25, 0.3) is 5.91 Å². The van der Waals surface area contributed by atoms with Gasteiger partial charge in [0.2, 0.25) is 5.88 Å². The lowest BCUT2D eigenvalue weighted by molar-refractivity contribution is -0.142.